The number of aromatic nitrogens is 1. The van der Waals surface area contributed by atoms with Gasteiger partial charge in [0, 0.05) is 37.5 Å². The Hall–Kier alpha value is -3.34. The van der Waals surface area contributed by atoms with Crippen LogP contribution < -0.4 is 14.4 Å². The van der Waals surface area contributed by atoms with Crippen molar-refractivity contribution >= 4 is 11.6 Å². The van der Waals surface area contributed by atoms with E-state index in [-0.39, 0.29) is 5.92 Å². The lowest BCUT2D eigenvalue weighted by Crippen LogP contribution is -2.25. The molecule has 3 aromatic rings. The van der Waals surface area contributed by atoms with E-state index in [2.05, 4.69) is 54.3 Å². The van der Waals surface area contributed by atoms with Crippen LogP contribution in [0.15, 0.2) is 66.7 Å². The van der Waals surface area contributed by atoms with Gasteiger partial charge in [-0.3, -0.25) is 4.79 Å². The Morgan fingerprint density at radius 2 is 1.45 bits per heavy atom. The molecule has 0 amide bonds. The first-order chi connectivity index (χ1) is 16.1. The van der Waals surface area contributed by atoms with E-state index in [4.69, 9.17) is 14.5 Å². The van der Waals surface area contributed by atoms with E-state index >= 15 is 0 Å². The van der Waals surface area contributed by atoms with E-state index in [0.29, 0.717) is 37.6 Å². The predicted molar refractivity (Wildman–Crippen MR) is 131 cm³/mol. The fourth-order valence-electron chi connectivity index (χ4n) is 4.48. The Bertz CT molecular complexity index is 1010. The van der Waals surface area contributed by atoms with Gasteiger partial charge in [0.15, 0.2) is 0 Å². The first kappa shape index (κ1) is 22.8. The van der Waals surface area contributed by atoms with Gasteiger partial charge >= 0.3 is 0 Å². The van der Waals surface area contributed by atoms with Gasteiger partial charge in [0.2, 0.25) is 0 Å². The predicted octanol–water partition coefficient (Wildman–Crippen LogP) is 5.78. The Morgan fingerprint density at radius 1 is 0.879 bits per heavy atom. The zero-order valence-corrected chi connectivity index (χ0v) is 19.7. The van der Waals surface area contributed by atoms with Crippen molar-refractivity contribution < 1.29 is 14.3 Å². The van der Waals surface area contributed by atoms with Crippen LogP contribution in [0, 0.1) is 5.92 Å². The van der Waals surface area contributed by atoms with Gasteiger partial charge in [-0.2, -0.15) is 0 Å². The molecule has 1 aliphatic rings. The zero-order chi connectivity index (χ0) is 23.2. The highest BCUT2D eigenvalue weighted by Crippen LogP contribution is 2.36. The zero-order valence-electron chi connectivity index (χ0n) is 19.7. The molecule has 2 aromatic carbocycles. The second-order valence-electron chi connectivity index (χ2n) is 8.84. The molecule has 4 rings (SSSR count). The van der Waals surface area contributed by atoms with Crippen molar-refractivity contribution in [2.24, 2.45) is 5.92 Å². The van der Waals surface area contributed by atoms with Gasteiger partial charge in [0.05, 0.1) is 14.2 Å². The number of pyridine rings is 1. The van der Waals surface area contributed by atoms with Crippen LogP contribution in [0.4, 0.5) is 5.82 Å². The molecule has 1 aromatic heterocycles. The highest BCUT2D eigenvalue weighted by molar-refractivity contribution is 5.80. The van der Waals surface area contributed by atoms with Crippen molar-refractivity contribution in [2.45, 2.75) is 45.2 Å². The molecule has 0 radical (unpaired) electrons. The minimum absolute atomic E-state index is 0.190. The third kappa shape index (κ3) is 5.72. The van der Waals surface area contributed by atoms with Gasteiger partial charge in [0.1, 0.15) is 23.1 Å². The number of hydrogen-bond donors (Lipinski definition) is 0. The van der Waals surface area contributed by atoms with E-state index in [9.17, 15) is 4.79 Å². The average molecular weight is 445 g/mol. The van der Waals surface area contributed by atoms with E-state index in [0.717, 1.165) is 29.4 Å². The fraction of sp³-hybridized carbons (Fsp3) is 0.357. The molecule has 2 atom stereocenters. The largest absolute Gasteiger partial charge is 0.497 e. The number of hydrogen-bond acceptors (Lipinski definition) is 5. The number of anilines is 1. The maximum atomic E-state index is 12.1. The molecule has 2 unspecified atom stereocenters. The monoisotopic (exact) mass is 444 g/mol. The summed E-state index contributed by atoms with van der Waals surface area (Å²) in [6, 6.07) is 22.5. The smallest absolute Gasteiger partial charge is 0.133 e. The third-order valence-corrected chi connectivity index (χ3v) is 6.54. The lowest BCUT2D eigenvalue weighted by Gasteiger charge is -2.29. The normalized spacial score (nSPS) is 18.1. The summed E-state index contributed by atoms with van der Waals surface area (Å²) in [7, 11) is 3.36. The van der Waals surface area contributed by atoms with Gasteiger partial charge in [0.25, 0.3) is 0 Å². The molecule has 1 aliphatic carbocycles. The molecule has 5 nitrogen and oxygen atoms in total. The molecule has 5 heteroatoms. The SMILES string of the molecule is COc1ccc(CN(Cc2ccc(OC)cc2)c2cccc(C3CC(=O)CCC3C)n2)cc1. The Balaban J connectivity index is 1.63. The van der Waals surface area contributed by atoms with Crippen LogP contribution in [-0.2, 0) is 17.9 Å². The van der Waals surface area contributed by atoms with Crippen molar-refractivity contribution in [3.05, 3.63) is 83.6 Å². The minimum atomic E-state index is 0.190. The average Bonchev–Trinajstić information content (AvgIpc) is 2.86. The van der Waals surface area contributed by atoms with Crippen molar-refractivity contribution in [3.63, 3.8) is 0 Å². The first-order valence-corrected chi connectivity index (χ1v) is 11.5. The van der Waals surface area contributed by atoms with E-state index in [1.807, 2.05) is 24.3 Å². The van der Waals surface area contributed by atoms with Gasteiger partial charge in [-0.1, -0.05) is 37.3 Å². The van der Waals surface area contributed by atoms with Crippen LogP contribution in [0.5, 0.6) is 11.5 Å². The van der Waals surface area contributed by atoms with Gasteiger partial charge in [-0.15, -0.1) is 0 Å². The van der Waals surface area contributed by atoms with Crippen LogP contribution in [0.25, 0.3) is 0 Å². The van der Waals surface area contributed by atoms with Gasteiger partial charge < -0.3 is 14.4 Å². The molecule has 0 aliphatic heterocycles. The van der Waals surface area contributed by atoms with Crippen molar-refractivity contribution in [2.75, 3.05) is 19.1 Å². The third-order valence-electron chi connectivity index (χ3n) is 6.54. The lowest BCUT2D eigenvalue weighted by molar-refractivity contribution is -0.121. The molecule has 33 heavy (non-hydrogen) atoms. The number of ketones is 1. The Morgan fingerprint density at radius 3 is 2.00 bits per heavy atom. The first-order valence-electron chi connectivity index (χ1n) is 11.5. The molecule has 0 spiro atoms. The summed E-state index contributed by atoms with van der Waals surface area (Å²) in [5.41, 5.74) is 3.37. The quantitative estimate of drug-likeness (QED) is 0.441. The number of ether oxygens (including phenoxy) is 2. The molecule has 1 heterocycles. The second-order valence-corrected chi connectivity index (χ2v) is 8.84. The number of benzene rings is 2. The van der Waals surface area contributed by atoms with Crippen molar-refractivity contribution in [1.29, 1.82) is 0 Å². The van der Waals surface area contributed by atoms with Crippen LogP contribution in [0.3, 0.4) is 0 Å². The number of nitrogens with zero attached hydrogens (tertiary/aromatic N) is 2. The number of methoxy groups -OCH3 is 2. The summed E-state index contributed by atoms with van der Waals surface area (Å²) in [5.74, 6) is 3.60. The highest BCUT2D eigenvalue weighted by atomic mass is 16.5. The maximum absolute atomic E-state index is 12.1. The molecule has 0 saturated heterocycles. The van der Waals surface area contributed by atoms with E-state index in [1.54, 1.807) is 14.2 Å². The Kier molecular flexibility index (Phi) is 7.28. The molecule has 172 valence electrons. The summed E-state index contributed by atoms with van der Waals surface area (Å²) in [6.45, 7) is 3.66. The van der Waals surface area contributed by atoms with Crippen LogP contribution in [0.1, 0.15) is 48.9 Å². The topological polar surface area (TPSA) is 51.7 Å². The molecule has 0 bridgehead atoms. The van der Waals surface area contributed by atoms with Crippen molar-refractivity contribution in [1.82, 2.24) is 4.98 Å². The number of carbonyl (C=O) groups is 1. The molecular weight excluding hydrogens is 412 g/mol. The second kappa shape index (κ2) is 10.5. The Labute approximate surface area is 196 Å². The van der Waals surface area contributed by atoms with Crippen molar-refractivity contribution in [3.8, 4) is 11.5 Å². The maximum Gasteiger partial charge on any atom is 0.133 e. The van der Waals surface area contributed by atoms with Crippen LogP contribution >= 0.6 is 0 Å². The summed E-state index contributed by atoms with van der Waals surface area (Å²) >= 11 is 0. The summed E-state index contributed by atoms with van der Waals surface area (Å²) in [5, 5.41) is 0. The van der Waals surface area contributed by atoms with Gasteiger partial charge in [-0.25, -0.2) is 4.98 Å². The standard InChI is InChI=1S/C28H32N2O3/c1-20-7-12-23(31)17-26(20)27-5-4-6-28(29-27)30(18-21-8-13-24(32-2)14-9-21)19-22-10-15-25(33-3)16-11-22/h4-6,8-11,13-16,20,26H,7,12,17-19H2,1-3H3. The number of rotatable bonds is 8. The van der Waals surface area contributed by atoms with E-state index in [1.165, 1.54) is 11.1 Å². The molecule has 1 fully saturated rings. The minimum Gasteiger partial charge on any atom is -0.497 e. The summed E-state index contributed by atoms with van der Waals surface area (Å²) in [6.07, 6.45) is 2.23. The fourth-order valence-corrected chi connectivity index (χ4v) is 4.48. The number of Topliss-reactive ketones (excluding diaryl/α,β-unsaturated/α-hetero) is 1. The molecular formula is C28H32N2O3. The van der Waals surface area contributed by atoms with Gasteiger partial charge in [-0.05, 0) is 59.9 Å². The van der Waals surface area contributed by atoms with Crippen LogP contribution in [-0.4, -0.2) is 25.0 Å². The summed E-state index contributed by atoms with van der Waals surface area (Å²) < 4.78 is 10.6. The number of carbonyl (C=O) groups excluding carboxylic acids is 1. The summed E-state index contributed by atoms with van der Waals surface area (Å²) in [4.78, 5) is 19.5. The lowest BCUT2D eigenvalue weighted by atomic mass is 9.78. The van der Waals surface area contributed by atoms with Crippen LogP contribution in [0.2, 0.25) is 0 Å². The molecule has 0 N–H and O–H groups in total. The molecule has 1 saturated carbocycles. The highest BCUT2D eigenvalue weighted by Gasteiger charge is 2.28. The van der Waals surface area contributed by atoms with E-state index < -0.39 is 0 Å².